The summed E-state index contributed by atoms with van der Waals surface area (Å²) < 4.78 is 5.72. The molecule has 1 aliphatic heterocycles. The monoisotopic (exact) mass is 276 g/mol. The number of hydrogen-bond donors (Lipinski definition) is 2. The number of carbonyl (C=O) groups excluding carboxylic acids is 1. The van der Waals surface area contributed by atoms with Gasteiger partial charge in [-0.25, -0.2) is 0 Å². The van der Waals surface area contributed by atoms with Gasteiger partial charge in [-0.3, -0.25) is 4.79 Å². The van der Waals surface area contributed by atoms with Crippen LogP contribution in [0, 0.1) is 5.41 Å². The summed E-state index contributed by atoms with van der Waals surface area (Å²) in [5.74, 6) is 0.164. The lowest BCUT2D eigenvalue weighted by atomic mass is 9.89. The molecule has 2 aliphatic rings. The average Bonchev–Trinajstić information content (AvgIpc) is 2.96. The Morgan fingerprint density at radius 1 is 1.44 bits per heavy atom. The van der Waals surface area contributed by atoms with Crippen LogP contribution in [-0.4, -0.2) is 38.3 Å². The summed E-state index contributed by atoms with van der Waals surface area (Å²) in [7, 11) is 0. The predicted octanol–water partition coefficient (Wildman–Crippen LogP) is 1.48. The molecule has 2 fully saturated rings. The zero-order valence-corrected chi connectivity index (χ0v) is 12.0. The zero-order valence-electron chi connectivity index (χ0n) is 11.2. The Kier molecular flexibility index (Phi) is 6.39. The van der Waals surface area contributed by atoms with Crippen molar-refractivity contribution in [2.45, 2.75) is 45.1 Å². The van der Waals surface area contributed by atoms with Crippen molar-refractivity contribution in [1.29, 1.82) is 0 Å². The van der Waals surface area contributed by atoms with E-state index in [0.29, 0.717) is 19.3 Å². The van der Waals surface area contributed by atoms with Gasteiger partial charge >= 0.3 is 0 Å². The minimum Gasteiger partial charge on any atom is -0.376 e. The van der Waals surface area contributed by atoms with Crippen LogP contribution in [0.1, 0.15) is 39.0 Å². The van der Waals surface area contributed by atoms with Gasteiger partial charge in [-0.2, -0.15) is 0 Å². The minimum atomic E-state index is -0.215. The van der Waals surface area contributed by atoms with Crippen molar-refractivity contribution in [3.05, 3.63) is 0 Å². The number of carbonyl (C=O) groups is 1. The van der Waals surface area contributed by atoms with Gasteiger partial charge in [0.05, 0.1) is 18.1 Å². The van der Waals surface area contributed by atoms with Crippen LogP contribution in [0.2, 0.25) is 0 Å². The molecule has 1 aliphatic carbocycles. The zero-order chi connectivity index (χ0) is 12.1. The fraction of sp³-hybridized carbons (Fsp3) is 0.923. The molecule has 4 nitrogen and oxygen atoms in total. The Hall–Kier alpha value is -0.320. The first-order valence-electron chi connectivity index (χ1n) is 6.81. The van der Waals surface area contributed by atoms with Crippen molar-refractivity contribution in [2.24, 2.45) is 5.41 Å². The molecule has 0 aromatic carbocycles. The lowest BCUT2D eigenvalue weighted by molar-refractivity contribution is -0.129. The van der Waals surface area contributed by atoms with Crippen molar-refractivity contribution in [3.63, 3.8) is 0 Å². The van der Waals surface area contributed by atoms with Crippen LogP contribution in [0.15, 0.2) is 0 Å². The highest BCUT2D eigenvalue weighted by molar-refractivity contribution is 5.85. The number of nitrogens with one attached hydrogen (secondary N) is 2. The highest BCUT2D eigenvalue weighted by Gasteiger charge is 2.35. The number of ether oxygens (including phenoxy) is 1. The molecule has 1 saturated heterocycles. The van der Waals surface area contributed by atoms with Crippen molar-refractivity contribution >= 4 is 18.3 Å². The van der Waals surface area contributed by atoms with Crippen LogP contribution in [0.25, 0.3) is 0 Å². The maximum Gasteiger partial charge on any atom is 0.227 e. The molecular formula is C13H25ClN2O2. The number of halogens is 1. The SMILES string of the molecule is CC1(C(=O)NCCOC2CCCC2)CCNC1.Cl. The summed E-state index contributed by atoms with van der Waals surface area (Å²) in [5.41, 5.74) is -0.215. The minimum absolute atomic E-state index is 0. The molecule has 0 aromatic rings. The Balaban J connectivity index is 0.00000162. The van der Waals surface area contributed by atoms with Crippen LogP contribution in [0.4, 0.5) is 0 Å². The Morgan fingerprint density at radius 2 is 2.17 bits per heavy atom. The average molecular weight is 277 g/mol. The molecule has 0 radical (unpaired) electrons. The molecule has 1 heterocycles. The molecule has 1 amide bonds. The van der Waals surface area contributed by atoms with E-state index in [2.05, 4.69) is 10.6 Å². The maximum atomic E-state index is 12.0. The number of rotatable bonds is 5. The lowest BCUT2D eigenvalue weighted by Crippen LogP contribution is -2.41. The molecule has 106 valence electrons. The quantitative estimate of drug-likeness (QED) is 0.748. The second-order valence-corrected chi connectivity index (χ2v) is 5.52. The van der Waals surface area contributed by atoms with Gasteiger partial charge in [0.2, 0.25) is 5.91 Å². The summed E-state index contributed by atoms with van der Waals surface area (Å²) in [6.45, 7) is 5.07. The van der Waals surface area contributed by atoms with Crippen molar-refractivity contribution in [1.82, 2.24) is 10.6 Å². The van der Waals surface area contributed by atoms with E-state index in [4.69, 9.17) is 4.74 Å². The van der Waals surface area contributed by atoms with Gasteiger partial charge in [-0.1, -0.05) is 12.8 Å². The van der Waals surface area contributed by atoms with E-state index < -0.39 is 0 Å². The molecule has 0 spiro atoms. The molecule has 2 rings (SSSR count). The molecule has 0 bridgehead atoms. The van der Waals surface area contributed by atoms with Gasteiger partial charge in [-0.05, 0) is 32.7 Å². The number of hydrogen-bond acceptors (Lipinski definition) is 3. The highest BCUT2D eigenvalue weighted by atomic mass is 35.5. The molecule has 1 unspecified atom stereocenters. The van der Waals surface area contributed by atoms with E-state index in [-0.39, 0.29) is 23.7 Å². The predicted molar refractivity (Wildman–Crippen MR) is 74.1 cm³/mol. The summed E-state index contributed by atoms with van der Waals surface area (Å²) in [6, 6.07) is 0. The van der Waals surface area contributed by atoms with E-state index in [1.165, 1.54) is 25.7 Å². The summed E-state index contributed by atoms with van der Waals surface area (Å²) >= 11 is 0. The fourth-order valence-electron chi connectivity index (χ4n) is 2.67. The second kappa shape index (κ2) is 7.31. The van der Waals surface area contributed by atoms with Gasteiger partial charge in [0.15, 0.2) is 0 Å². The third-order valence-corrected chi connectivity index (χ3v) is 3.96. The van der Waals surface area contributed by atoms with Crippen molar-refractivity contribution in [2.75, 3.05) is 26.2 Å². The third-order valence-electron chi connectivity index (χ3n) is 3.96. The largest absolute Gasteiger partial charge is 0.376 e. The standard InChI is InChI=1S/C13H24N2O2.ClH/c1-13(6-7-14-10-13)12(16)15-8-9-17-11-4-2-3-5-11;/h11,14H,2-10H2,1H3,(H,15,16);1H. The lowest BCUT2D eigenvalue weighted by Gasteiger charge is -2.21. The van der Waals surface area contributed by atoms with Gasteiger partial charge in [0.1, 0.15) is 0 Å². The van der Waals surface area contributed by atoms with Crippen molar-refractivity contribution in [3.8, 4) is 0 Å². The fourth-order valence-corrected chi connectivity index (χ4v) is 2.67. The van der Waals surface area contributed by atoms with E-state index >= 15 is 0 Å². The second-order valence-electron chi connectivity index (χ2n) is 5.52. The van der Waals surface area contributed by atoms with Gasteiger partial charge in [-0.15, -0.1) is 12.4 Å². The smallest absolute Gasteiger partial charge is 0.227 e. The molecule has 2 N–H and O–H groups in total. The molecule has 18 heavy (non-hydrogen) atoms. The maximum absolute atomic E-state index is 12.0. The molecule has 1 atom stereocenters. The van der Waals surface area contributed by atoms with E-state index in [0.717, 1.165) is 19.5 Å². The topological polar surface area (TPSA) is 50.4 Å². The van der Waals surface area contributed by atoms with Gasteiger partial charge in [0.25, 0.3) is 0 Å². The van der Waals surface area contributed by atoms with E-state index in [1.807, 2.05) is 6.92 Å². The molecule has 1 saturated carbocycles. The van der Waals surface area contributed by atoms with Crippen LogP contribution in [0.5, 0.6) is 0 Å². The van der Waals surface area contributed by atoms with Crippen molar-refractivity contribution < 1.29 is 9.53 Å². The normalized spacial score (nSPS) is 28.1. The van der Waals surface area contributed by atoms with Crippen LogP contribution < -0.4 is 10.6 Å². The first-order valence-corrected chi connectivity index (χ1v) is 6.81. The van der Waals surface area contributed by atoms with Gasteiger partial charge < -0.3 is 15.4 Å². The number of amides is 1. The highest BCUT2D eigenvalue weighted by Crippen LogP contribution is 2.24. The molecule has 0 aromatic heterocycles. The summed E-state index contributed by atoms with van der Waals surface area (Å²) in [6.07, 6.45) is 6.34. The first-order chi connectivity index (χ1) is 8.21. The first kappa shape index (κ1) is 15.7. The molecule has 5 heteroatoms. The van der Waals surface area contributed by atoms with Crippen LogP contribution >= 0.6 is 12.4 Å². The van der Waals surface area contributed by atoms with Gasteiger partial charge in [0, 0.05) is 13.1 Å². The van der Waals surface area contributed by atoms with Crippen LogP contribution in [0.3, 0.4) is 0 Å². The van der Waals surface area contributed by atoms with Crippen LogP contribution in [-0.2, 0) is 9.53 Å². The molecular weight excluding hydrogens is 252 g/mol. The Morgan fingerprint density at radius 3 is 2.78 bits per heavy atom. The third kappa shape index (κ3) is 4.11. The summed E-state index contributed by atoms with van der Waals surface area (Å²) in [4.78, 5) is 12.0. The van der Waals surface area contributed by atoms with E-state index in [1.54, 1.807) is 0 Å². The Labute approximate surface area is 116 Å². The summed E-state index contributed by atoms with van der Waals surface area (Å²) in [5, 5.41) is 6.22. The Bertz CT molecular complexity index is 262. The van der Waals surface area contributed by atoms with E-state index in [9.17, 15) is 4.79 Å².